The highest BCUT2D eigenvalue weighted by atomic mass is 16.1. The van der Waals surface area contributed by atoms with Crippen LogP contribution in [0.3, 0.4) is 0 Å². The Bertz CT molecular complexity index is 740. The molecule has 154 valence electrons. The van der Waals surface area contributed by atoms with Gasteiger partial charge in [0, 0.05) is 32.1 Å². The standard InChI is InChI=1S/C23H36N4O/c1-16(2)13-22(28)25-21-7-10-24-27(21)19-8-11-26(12-9-19)15-17-5-6-18-14-20(17)23(18,3)4/h5,7,10,16,18-20H,6,8-9,11-15H2,1-4H3,(H,25,28)/t18-,20-/m0/s1. The highest BCUT2D eigenvalue weighted by Crippen LogP contribution is 2.59. The zero-order valence-corrected chi connectivity index (χ0v) is 17.9. The van der Waals surface area contributed by atoms with Crippen molar-refractivity contribution in [2.75, 3.05) is 25.0 Å². The number of piperidine rings is 1. The molecule has 0 radical (unpaired) electrons. The maximum absolute atomic E-state index is 12.1. The summed E-state index contributed by atoms with van der Waals surface area (Å²) in [4.78, 5) is 14.8. The molecule has 0 unspecified atom stereocenters. The number of allylic oxidation sites excluding steroid dienone is 1. The molecule has 5 heteroatoms. The fraction of sp³-hybridized carbons (Fsp3) is 0.739. The van der Waals surface area contributed by atoms with Gasteiger partial charge in [-0.25, -0.2) is 4.68 Å². The maximum Gasteiger partial charge on any atom is 0.225 e. The summed E-state index contributed by atoms with van der Waals surface area (Å²) < 4.78 is 2.04. The van der Waals surface area contributed by atoms with Gasteiger partial charge >= 0.3 is 0 Å². The fourth-order valence-electron chi connectivity index (χ4n) is 5.50. The van der Waals surface area contributed by atoms with Gasteiger partial charge in [0.25, 0.3) is 0 Å². The second-order valence-electron chi connectivity index (χ2n) is 10.1. The number of likely N-dealkylation sites (tertiary alicyclic amines) is 1. The summed E-state index contributed by atoms with van der Waals surface area (Å²) in [7, 11) is 0. The Kier molecular flexibility index (Phi) is 5.38. The molecule has 2 atom stereocenters. The van der Waals surface area contributed by atoms with E-state index in [0.717, 1.165) is 50.1 Å². The summed E-state index contributed by atoms with van der Waals surface area (Å²) in [5.41, 5.74) is 2.20. The highest BCUT2D eigenvalue weighted by molar-refractivity contribution is 5.89. The maximum atomic E-state index is 12.1. The van der Waals surface area contributed by atoms with E-state index in [1.165, 1.54) is 12.8 Å². The van der Waals surface area contributed by atoms with E-state index in [-0.39, 0.29) is 5.91 Å². The van der Waals surface area contributed by atoms with Gasteiger partial charge in [0.2, 0.25) is 5.91 Å². The Hall–Kier alpha value is -1.62. The molecule has 1 saturated heterocycles. The molecule has 5 rings (SSSR count). The van der Waals surface area contributed by atoms with Crippen molar-refractivity contribution in [3.05, 3.63) is 23.9 Å². The van der Waals surface area contributed by atoms with Gasteiger partial charge in [-0.15, -0.1) is 0 Å². The van der Waals surface area contributed by atoms with Gasteiger partial charge in [-0.3, -0.25) is 9.69 Å². The number of carbonyl (C=O) groups is 1. The van der Waals surface area contributed by atoms with Crippen molar-refractivity contribution in [2.45, 2.75) is 65.8 Å². The number of hydrogen-bond donors (Lipinski definition) is 1. The average Bonchev–Trinajstić information content (AvgIpc) is 3.09. The van der Waals surface area contributed by atoms with Gasteiger partial charge in [0.05, 0.1) is 12.2 Å². The predicted molar refractivity (Wildman–Crippen MR) is 113 cm³/mol. The van der Waals surface area contributed by atoms with Crippen LogP contribution < -0.4 is 5.32 Å². The van der Waals surface area contributed by atoms with Crippen molar-refractivity contribution in [1.29, 1.82) is 0 Å². The summed E-state index contributed by atoms with van der Waals surface area (Å²) in [6.07, 6.45) is 9.77. The van der Waals surface area contributed by atoms with Crippen molar-refractivity contribution in [3.8, 4) is 0 Å². The number of nitrogens with zero attached hydrogens (tertiary/aromatic N) is 3. The smallest absolute Gasteiger partial charge is 0.225 e. The third-order valence-corrected chi connectivity index (χ3v) is 7.42. The molecule has 0 aromatic carbocycles. The zero-order valence-electron chi connectivity index (χ0n) is 17.9. The van der Waals surface area contributed by atoms with Crippen LogP contribution in [0.1, 0.15) is 65.8 Å². The van der Waals surface area contributed by atoms with E-state index in [1.54, 1.807) is 11.8 Å². The van der Waals surface area contributed by atoms with E-state index in [9.17, 15) is 4.79 Å². The minimum Gasteiger partial charge on any atom is -0.311 e. The lowest BCUT2D eigenvalue weighted by molar-refractivity contribution is -0.116. The van der Waals surface area contributed by atoms with Gasteiger partial charge in [-0.2, -0.15) is 5.10 Å². The van der Waals surface area contributed by atoms with Crippen molar-refractivity contribution in [1.82, 2.24) is 14.7 Å². The summed E-state index contributed by atoms with van der Waals surface area (Å²) in [6, 6.07) is 2.30. The quantitative estimate of drug-likeness (QED) is 0.735. The first-order valence-electron chi connectivity index (χ1n) is 11.1. The van der Waals surface area contributed by atoms with Gasteiger partial charge in [0.1, 0.15) is 5.82 Å². The van der Waals surface area contributed by atoms with E-state index in [2.05, 4.69) is 49.1 Å². The van der Waals surface area contributed by atoms with Gasteiger partial charge < -0.3 is 5.32 Å². The first-order chi connectivity index (χ1) is 13.3. The van der Waals surface area contributed by atoms with E-state index in [4.69, 9.17) is 0 Å². The molecule has 3 aliphatic carbocycles. The summed E-state index contributed by atoms with van der Waals surface area (Å²) in [5.74, 6) is 3.01. The second kappa shape index (κ2) is 7.66. The largest absolute Gasteiger partial charge is 0.311 e. The fourth-order valence-corrected chi connectivity index (χ4v) is 5.50. The molecule has 28 heavy (non-hydrogen) atoms. The second-order valence-corrected chi connectivity index (χ2v) is 10.1. The third kappa shape index (κ3) is 3.78. The number of rotatable bonds is 6. The van der Waals surface area contributed by atoms with Gasteiger partial charge in [-0.05, 0) is 48.9 Å². The molecule has 2 bridgehead atoms. The molecular formula is C23H36N4O. The lowest BCUT2D eigenvalue weighted by Crippen LogP contribution is -2.50. The number of aromatic nitrogens is 2. The topological polar surface area (TPSA) is 50.2 Å². The van der Waals surface area contributed by atoms with E-state index in [0.29, 0.717) is 23.8 Å². The number of hydrogen-bond acceptors (Lipinski definition) is 3. The Labute approximate surface area is 169 Å². The van der Waals surface area contributed by atoms with Crippen LogP contribution in [0, 0.1) is 23.2 Å². The van der Waals surface area contributed by atoms with Crippen molar-refractivity contribution in [3.63, 3.8) is 0 Å². The highest BCUT2D eigenvalue weighted by Gasteiger charge is 2.51. The van der Waals surface area contributed by atoms with Crippen LogP contribution >= 0.6 is 0 Å². The molecule has 1 aliphatic heterocycles. The van der Waals surface area contributed by atoms with Gasteiger partial charge in [0.15, 0.2) is 0 Å². The molecule has 1 N–H and O–H groups in total. The molecule has 5 nitrogen and oxygen atoms in total. The van der Waals surface area contributed by atoms with Crippen LogP contribution in [-0.4, -0.2) is 40.2 Å². The zero-order chi connectivity index (χ0) is 19.9. The van der Waals surface area contributed by atoms with E-state index in [1.807, 2.05) is 10.7 Å². The molecular weight excluding hydrogens is 348 g/mol. The SMILES string of the molecule is CC(C)CC(=O)Nc1ccnn1C1CCN(CC2=CC[C@H]3C[C@@H]2C3(C)C)CC1. The average molecular weight is 385 g/mol. The third-order valence-electron chi connectivity index (χ3n) is 7.42. The van der Waals surface area contributed by atoms with Crippen LogP contribution in [-0.2, 0) is 4.79 Å². The van der Waals surface area contributed by atoms with Crippen LogP contribution in [0.25, 0.3) is 0 Å². The predicted octanol–water partition coefficient (Wildman–Crippen LogP) is 4.50. The molecule has 4 aliphatic rings. The summed E-state index contributed by atoms with van der Waals surface area (Å²) in [5, 5.41) is 7.58. The van der Waals surface area contributed by atoms with Crippen molar-refractivity contribution < 1.29 is 4.79 Å². The number of fused-ring (bicyclic) bond motifs is 1. The molecule has 1 amide bonds. The Morgan fingerprint density at radius 1 is 1.32 bits per heavy atom. The monoisotopic (exact) mass is 384 g/mol. The van der Waals surface area contributed by atoms with Crippen molar-refractivity contribution >= 4 is 11.7 Å². The normalized spacial score (nSPS) is 27.4. The number of anilines is 1. The van der Waals surface area contributed by atoms with Crippen molar-refractivity contribution in [2.24, 2.45) is 23.2 Å². The van der Waals surface area contributed by atoms with Crippen LogP contribution in [0.2, 0.25) is 0 Å². The number of carbonyl (C=O) groups excluding carboxylic acids is 1. The number of nitrogens with one attached hydrogen (secondary N) is 1. The first-order valence-corrected chi connectivity index (χ1v) is 11.1. The van der Waals surface area contributed by atoms with E-state index >= 15 is 0 Å². The van der Waals surface area contributed by atoms with Crippen LogP contribution in [0.4, 0.5) is 5.82 Å². The molecule has 1 aromatic rings. The molecule has 1 saturated carbocycles. The lowest BCUT2D eigenvalue weighted by atomic mass is 9.49. The van der Waals surface area contributed by atoms with Crippen LogP contribution in [0.15, 0.2) is 23.9 Å². The Morgan fingerprint density at radius 2 is 2.07 bits per heavy atom. The first kappa shape index (κ1) is 19.7. The Balaban J connectivity index is 1.31. The molecule has 2 heterocycles. The lowest BCUT2D eigenvalue weighted by Gasteiger charge is -2.57. The summed E-state index contributed by atoms with van der Waals surface area (Å²) in [6.45, 7) is 12.4. The minimum atomic E-state index is 0.0832. The number of amides is 1. The van der Waals surface area contributed by atoms with Crippen LogP contribution in [0.5, 0.6) is 0 Å². The molecule has 0 spiro atoms. The van der Waals surface area contributed by atoms with E-state index < -0.39 is 0 Å². The van der Waals surface area contributed by atoms with Gasteiger partial charge in [-0.1, -0.05) is 39.3 Å². The minimum absolute atomic E-state index is 0.0832. The summed E-state index contributed by atoms with van der Waals surface area (Å²) >= 11 is 0. The Morgan fingerprint density at radius 3 is 2.71 bits per heavy atom. The molecule has 2 fully saturated rings. The molecule has 1 aromatic heterocycles.